The molecular weight excluding hydrogens is 220 g/mol. The van der Waals surface area contributed by atoms with Gasteiger partial charge >= 0.3 is 11.6 Å². The molecule has 0 aliphatic carbocycles. The van der Waals surface area contributed by atoms with E-state index in [0.717, 1.165) is 0 Å². The number of carbonyl (C=O) groups excluding carboxylic acids is 1. The van der Waals surface area contributed by atoms with Gasteiger partial charge in [0, 0.05) is 5.92 Å². The molecule has 2 heterocycles. The molecule has 1 aliphatic rings. The van der Waals surface area contributed by atoms with Gasteiger partial charge in [-0.3, -0.25) is 4.79 Å². The predicted molar refractivity (Wildman–Crippen MR) is 61.2 cm³/mol. The van der Waals surface area contributed by atoms with Crippen LogP contribution in [0.25, 0.3) is 11.0 Å². The summed E-state index contributed by atoms with van der Waals surface area (Å²) in [6.07, 6.45) is 0.218. The Hall–Kier alpha value is -2.10. The van der Waals surface area contributed by atoms with E-state index in [9.17, 15) is 9.59 Å². The van der Waals surface area contributed by atoms with Crippen LogP contribution in [0.2, 0.25) is 0 Å². The maximum absolute atomic E-state index is 11.8. The lowest BCUT2D eigenvalue weighted by atomic mass is 9.95. The first-order chi connectivity index (χ1) is 8.16. The highest BCUT2D eigenvalue weighted by atomic mass is 16.5. The fraction of sp³-hybridized carbons (Fsp3) is 0.231. The van der Waals surface area contributed by atoms with Crippen molar-refractivity contribution in [1.82, 2.24) is 0 Å². The number of esters is 1. The number of fused-ring (bicyclic) bond motifs is 3. The SMILES string of the molecule is CC1CC(=O)Oc2c1c(=O)oc1ccccc21. The Morgan fingerprint density at radius 1 is 1.24 bits per heavy atom. The zero-order chi connectivity index (χ0) is 12.0. The van der Waals surface area contributed by atoms with Crippen LogP contribution in [-0.4, -0.2) is 5.97 Å². The lowest BCUT2D eigenvalue weighted by Crippen LogP contribution is -2.24. The summed E-state index contributed by atoms with van der Waals surface area (Å²) in [4.78, 5) is 23.3. The minimum absolute atomic E-state index is 0.160. The normalized spacial score (nSPS) is 18.9. The molecule has 1 aliphatic heterocycles. The average Bonchev–Trinajstić information content (AvgIpc) is 2.28. The van der Waals surface area contributed by atoms with Crippen LogP contribution in [0.3, 0.4) is 0 Å². The van der Waals surface area contributed by atoms with Crippen molar-refractivity contribution >= 4 is 16.9 Å². The Kier molecular flexibility index (Phi) is 2.04. The fourth-order valence-corrected chi connectivity index (χ4v) is 2.18. The first kappa shape index (κ1) is 10.1. The van der Waals surface area contributed by atoms with E-state index >= 15 is 0 Å². The molecule has 1 atom stereocenters. The Morgan fingerprint density at radius 3 is 2.82 bits per heavy atom. The van der Waals surface area contributed by atoms with Crippen molar-refractivity contribution < 1.29 is 13.9 Å². The third kappa shape index (κ3) is 1.45. The Balaban J connectivity index is 2.43. The maximum Gasteiger partial charge on any atom is 0.343 e. The molecule has 4 heteroatoms. The molecular formula is C13H10O4. The van der Waals surface area contributed by atoms with Gasteiger partial charge in [0.15, 0.2) is 5.75 Å². The smallest absolute Gasteiger partial charge is 0.343 e. The van der Waals surface area contributed by atoms with Gasteiger partial charge in [-0.1, -0.05) is 19.1 Å². The zero-order valence-electron chi connectivity index (χ0n) is 9.23. The van der Waals surface area contributed by atoms with Gasteiger partial charge in [-0.25, -0.2) is 4.79 Å². The Labute approximate surface area is 96.8 Å². The first-order valence-corrected chi connectivity index (χ1v) is 5.43. The summed E-state index contributed by atoms with van der Waals surface area (Å²) in [7, 11) is 0. The molecule has 1 aromatic carbocycles. The van der Waals surface area contributed by atoms with Crippen LogP contribution < -0.4 is 10.4 Å². The van der Waals surface area contributed by atoms with Gasteiger partial charge in [-0.05, 0) is 12.1 Å². The van der Waals surface area contributed by atoms with E-state index in [1.54, 1.807) is 18.2 Å². The molecule has 2 aromatic rings. The van der Waals surface area contributed by atoms with Gasteiger partial charge in [0.1, 0.15) is 5.58 Å². The number of benzene rings is 1. The van der Waals surface area contributed by atoms with Crippen molar-refractivity contribution in [2.45, 2.75) is 19.3 Å². The molecule has 1 unspecified atom stereocenters. The highest BCUT2D eigenvalue weighted by Gasteiger charge is 2.29. The van der Waals surface area contributed by atoms with E-state index < -0.39 is 5.63 Å². The van der Waals surface area contributed by atoms with Gasteiger partial charge in [0.25, 0.3) is 0 Å². The van der Waals surface area contributed by atoms with Crippen molar-refractivity contribution in [2.75, 3.05) is 0 Å². The highest BCUT2D eigenvalue weighted by molar-refractivity contribution is 5.89. The van der Waals surface area contributed by atoms with Crippen LogP contribution in [0.5, 0.6) is 5.75 Å². The molecule has 0 fully saturated rings. The third-order valence-corrected chi connectivity index (χ3v) is 2.98. The van der Waals surface area contributed by atoms with Crippen LogP contribution in [0.15, 0.2) is 33.5 Å². The number of ether oxygens (including phenoxy) is 1. The Bertz CT molecular complexity index is 669. The first-order valence-electron chi connectivity index (χ1n) is 5.43. The van der Waals surface area contributed by atoms with Gasteiger partial charge < -0.3 is 9.15 Å². The van der Waals surface area contributed by atoms with E-state index in [1.807, 2.05) is 13.0 Å². The molecule has 3 rings (SSSR count). The molecule has 0 saturated carbocycles. The second-order valence-electron chi connectivity index (χ2n) is 4.21. The second kappa shape index (κ2) is 3.45. The zero-order valence-corrected chi connectivity index (χ0v) is 9.23. The standard InChI is InChI=1S/C13H10O4/c1-7-6-10(14)17-12-8-4-2-3-5-9(8)16-13(15)11(7)12/h2-5,7H,6H2,1H3. The van der Waals surface area contributed by atoms with Crippen LogP contribution in [0, 0.1) is 0 Å². The number of hydrogen-bond donors (Lipinski definition) is 0. The summed E-state index contributed by atoms with van der Waals surface area (Å²) in [5.74, 6) is -0.103. The summed E-state index contributed by atoms with van der Waals surface area (Å²) in [6.45, 7) is 1.82. The van der Waals surface area contributed by atoms with Crippen LogP contribution in [-0.2, 0) is 4.79 Å². The van der Waals surface area contributed by atoms with Crippen LogP contribution in [0.1, 0.15) is 24.8 Å². The molecule has 0 saturated heterocycles. The number of para-hydroxylation sites is 1. The summed E-state index contributed by atoms with van der Waals surface area (Å²) in [5, 5.41) is 0.669. The van der Waals surface area contributed by atoms with E-state index in [4.69, 9.17) is 9.15 Å². The van der Waals surface area contributed by atoms with Gasteiger partial charge in [0.05, 0.1) is 17.4 Å². The molecule has 0 bridgehead atoms. The molecule has 0 amide bonds. The molecule has 0 N–H and O–H groups in total. The van der Waals surface area contributed by atoms with E-state index in [1.165, 1.54) is 0 Å². The molecule has 1 aromatic heterocycles. The molecule has 86 valence electrons. The number of hydrogen-bond acceptors (Lipinski definition) is 4. The summed E-state index contributed by atoms with van der Waals surface area (Å²) >= 11 is 0. The average molecular weight is 230 g/mol. The van der Waals surface area contributed by atoms with Crippen LogP contribution >= 0.6 is 0 Å². The van der Waals surface area contributed by atoms with Gasteiger partial charge in [-0.2, -0.15) is 0 Å². The topological polar surface area (TPSA) is 56.5 Å². The minimum atomic E-state index is -0.418. The fourth-order valence-electron chi connectivity index (χ4n) is 2.18. The largest absolute Gasteiger partial charge is 0.425 e. The lowest BCUT2D eigenvalue weighted by molar-refractivity contribution is -0.135. The molecule has 0 radical (unpaired) electrons. The highest BCUT2D eigenvalue weighted by Crippen LogP contribution is 2.36. The van der Waals surface area contributed by atoms with E-state index in [2.05, 4.69) is 0 Å². The lowest BCUT2D eigenvalue weighted by Gasteiger charge is -2.20. The number of carbonyl (C=O) groups is 1. The van der Waals surface area contributed by atoms with Gasteiger partial charge in [0.2, 0.25) is 0 Å². The van der Waals surface area contributed by atoms with E-state index in [0.29, 0.717) is 22.3 Å². The van der Waals surface area contributed by atoms with Crippen molar-refractivity contribution in [3.63, 3.8) is 0 Å². The predicted octanol–water partition coefficient (Wildman–Crippen LogP) is 2.21. The second-order valence-corrected chi connectivity index (χ2v) is 4.21. The van der Waals surface area contributed by atoms with Crippen molar-refractivity contribution in [2.24, 2.45) is 0 Å². The van der Waals surface area contributed by atoms with Crippen LogP contribution in [0.4, 0.5) is 0 Å². The summed E-state index contributed by atoms with van der Waals surface area (Å²) in [6, 6.07) is 7.05. The monoisotopic (exact) mass is 230 g/mol. The number of rotatable bonds is 0. The van der Waals surface area contributed by atoms with E-state index in [-0.39, 0.29) is 18.3 Å². The summed E-state index contributed by atoms with van der Waals surface area (Å²) < 4.78 is 10.4. The van der Waals surface area contributed by atoms with Crippen molar-refractivity contribution in [3.8, 4) is 5.75 Å². The van der Waals surface area contributed by atoms with Crippen molar-refractivity contribution in [3.05, 3.63) is 40.2 Å². The molecule has 4 nitrogen and oxygen atoms in total. The molecule has 0 spiro atoms. The van der Waals surface area contributed by atoms with Gasteiger partial charge in [-0.15, -0.1) is 0 Å². The summed E-state index contributed by atoms with van der Waals surface area (Å²) in [5.41, 5.74) is 0.486. The quantitative estimate of drug-likeness (QED) is 0.514. The maximum atomic E-state index is 11.8. The van der Waals surface area contributed by atoms with Crippen molar-refractivity contribution in [1.29, 1.82) is 0 Å². The molecule has 17 heavy (non-hydrogen) atoms. The minimum Gasteiger partial charge on any atom is -0.425 e. The Morgan fingerprint density at radius 2 is 2.00 bits per heavy atom. The third-order valence-electron chi connectivity index (χ3n) is 2.98.